The third kappa shape index (κ3) is 10.8. The molecule has 0 saturated carbocycles. The Morgan fingerprint density at radius 3 is 2.10 bits per heavy atom. The van der Waals surface area contributed by atoms with E-state index in [9.17, 15) is 0 Å². The number of ether oxygens (including phenoxy) is 3. The summed E-state index contributed by atoms with van der Waals surface area (Å²) in [4.78, 5) is 0. The van der Waals surface area contributed by atoms with Gasteiger partial charge in [0, 0.05) is 12.3 Å². The number of nitrogen functional groups attached to an aromatic ring is 1. The Hall–Kier alpha value is -0.530. The van der Waals surface area contributed by atoms with Crippen LogP contribution in [0, 0.1) is 0 Å². The van der Waals surface area contributed by atoms with Gasteiger partial charge in [0.2, 0.25) is 0 Å². The average molecular weight is 407 g/mol. The highest BCUT2D eigenvalue weighted by Gasteiger charge is 1.95. The smallest absolute Gasteiger partial charge is 0.119 e. The zero-order chi connectivity index (χ0) is 15.2. The molecular weight excluding hydrogens is 381 g/mol. The molecule has 0 saturated heterocycles. The van der Waals surface area contributed by atoms with Gasteiger partial charge in [-0.15, -0.1) is 0 Å². The van der Waals surface area contributed by atoms with Gasteiger partial charge >= 0.3 is 0 Å². The van der Waals surface area contributed by atoms with E-state index in [0.29, 0.717) is 26.4 Å². The van der Waals surface area contributed by atoms with Gasteiger partial charge in [-0.25, -0.2) is 0 Å². The van der Waals surface area contributed by atoms with Crippen LogP contribution < -0.4 is 10.5 Å². The predicted molar refractivity (Wildman–Crippen MR) is 95.3 cm³/mol. The normalized spacial score (nSPS) is 10.7. The van der Waals surface area contributed by atoms with Crippen molar-refractivity contribution >= 4 is 28.3 Å². The lowest BCUT2D eigenvalue weighted by molar-refractivity contribution is 0.0352. The van der Waals surface area contributed by atoms with Gasteiger partial charge in [0.05, 0.1) is 19.8 Å². The fraction of sp³-hybridized carbons (Fsp3) is 0.625. The van der Waals surface area contributed by atoms with E-state index < -0.39 is 0 Å². The minimum absolute atomic E-state index is 0.542. The van der Waals surface area contributed by atoms with E-state index in [1.54, 1.807) is 0 Å². The second-order valence-electron chi connectivity index (χ2n) is 4.75. The molecule has 0 aliphatic rings. The van der Waals surface area contributed by atoms with E-state index in [-0.39, 0.29) is 0 Å². The van der Waals surface area contributed by atoms with Crippen LogP contribution in [0.1, 0.15) is 25.7 Å². The third-order valence-corrected chi connectivity index (χ3v) is 3.68. The van der Waals surface area contributed by atoms with Gasteiger partial charge in [0.25, 0.3) is 0 Å². The van der Waals surface area contributed by atoms with Gasteiger partial charge in [-0.05, 0) is 41.5 Å². The van der Waals surface area contributed by atoms with Crippen LogP contribution in [0.5, 0.6) is 5.75 Å². The SMILES string of the molecule is Nc1ccc(OCCOCCOCCCCCCI)cc1. The highest BCUT2D eigenvalue weighted by atomic mass is 127. The fourth-order valence-corrected chi connectivity index (χ4v) is 2.30. The molecule has 0 unspecified atom stereocenters. The van der Waals surface area contributed by atoms with Crippen molar-refractivity contribution in [2.24, 2.45) is 0 Å². The number of nitrogens with two attached hydrogens (primary N) is 1. The van der Waals surface area contributed by atoms with Crippen LogP contribution in [0.3, 0.4) is 0 Å². The van der Waals surface area contributed by atoms with E-state index in [1.807, 2.05) is 24.3 Å². The molecule has 0 atom stereocenters. The Labute approximate surface area is 141 Å². The summed E-state index contributed by atoms with van der Waals surface area (Å²) in [6.45, 7) is 3.24. The number of alkyl halides is 1. The standard InChI is InChI=1S/C16H26INO3/c17-9-3-1-2-4-10-19-11-12-20-13-14-21-16-7-5-15(18)6-8-16/h5-8H,1-4,9-14,18H2. The van der Waals surface area contributed by atoms with Crippen LogP contribution in [0.2, 0.25) is 0 Å². The summed E-state index contributed by atoms with van der Waals surface area (Å²) in [5.41, 5.74) is 6.34. The summed E-state index contributed by atoms with van der Waals surface area (Å²) in [6, 6.07) is 7.36. The van der Waals surface area contributed by atoms with Crippen molar-refractivity contribution in [3.63, 3.8) is 0 Å². The molecule has 4 nitrogen and oxygen atoms in total. The number of unbranched alkanes of at least 4 members (excludes halogenated alkanes) is 3. The number of hydrogen-bond acceptors (Lipinski definition) is 4. The van der Waals surface area contributed by atoms with Gasteiger partial charge < -0.3 is 19.9 Å². The van der Waals surface area contributed by atoms with Gasteiger partial charge in [0.15, 0.2) is 0 Å². The van der Waals surface area contributed by atoms with Crippen molar-refractivity contribution in [1.82, 2.24) is 0 Å². The molecule has 5 heteroatoms. The Morgan fingerprint density at radius 1 is 0.762 bits per heavy atom. The molecule has 1 aromatic rings. The highest BCUT2D eigenvalue weighted by molar-refractivity contribution is 14.1. The molecule has 1 aromatic carbocycles. The van der Waals surface area contributed by atoms with Crippen molar-refractivity contribution in [3.05, 3.63) is 24.3 Å². The summed E-state index contributed by atoms with van der Waals surface area (Å²) in [7, 11) is 0. The van der Waals surface area contributed by atoms with Crippen LogP contribution in [-0.2, 0) is 9.47 Å². The first kappa shape index (κ1) is 18.5. The molecule has 0 spiro atoms. The minimum atomic E-state index is 0.542. The summed E-state index contributed by atoms with van der Waals surface area (Å²) in [5.74, 6) is 0.815. The van der Waals surface area contributed by atoms with E-state index in [2.05, 4.69) is 22.6 Å². The number of rotatable bonds is 13. The van der Waals surface area contributed by atoms with Gasteiger partial charge in [0.1, 0.15) is 12.4 Å². The lowest BCUT2D eigenvalue weighted by Crippen LogP contribution is -2.11. The maximum atomic E-state index is 5.60. The molecule has 120 valence electrons. The first-order valence-electron chi connectivity index (χ1n) is 7.52. The van der Waals surface area contributed by atoms with E-state index in [4.69, 9.17) is 19.9 Å². The van der Waals surface area contributed by atoms with Crippen molar-refractivity contribution in [1.29, 1.82) is 0 Å². The van der Waals surface area contributed by atoms with Gasteiger partial charge in [-0.3, -0.25) is 0 Å². The molecule has 0 aliphatic heterocycles. The fourth-order valence-electron chi connectivity index (χ4n) is 1.76. The zero-order valence-electron chi connectivity index (χ0n) is 12.6. The van der Waals surface area contributed by atoms with Crippen LogP contribution in [0.15, 0.2) is 24.3 Å². The van der Waals surface area contributed by atoms with E-state index >= 15 is 0 Å². The van der Waals surface area contributed by atoms with Gasteiger partial charge in [-0.1, -0.05) is 35.4 Å². The topological polar surface area (TPSA) is 53.7 Å². The lowest BCUT2D eigenvalue weighted by atomic mass is 10.2. The number of halogens is 1. The molecular formula is C16H26INO3. The highest BCUT2D eigenvalue weighted by Crippen LogP contribution is 2.12. The van der Waals surface area contributed by atoms with Crippen LogP contribution in [0.25, 0.3) is 0 Å². The number of anilines is 1. The van der Waals surface area contributed by atoms with Crippen LogP contribution >= 0.6 is 22.6 Å². The number of benzene rings is 1. The monoisotopic (exact) mass is 407 g/mol. The van der Waals surface area contributed by atoms with Crippen LogP contribution in [0.4, 0.5) is 5.69 Å². The first-order chi connectivity index (χ1) is 10.3. The molecule has 0 aliphatic carbocycles. The van der Waals surface area contributed by atoms with Crippen LogP contribution in [-0.4, -0.2) is 37.5 Å². The molecule has 1 rings (SSSR count). The van der Waals surface area contributed by atoms with Crippen molar-refractivity contribution < 1.29 is 14.2 Å². The lowest BCUT2D eigenvalue weighted by Gasteiger charge is -2.08. The molecule has 0 aromatic heterocycles. The average Bonchev–Trinajstić information content (AvgIpc) is 2.50. The zero-order valence-corrected chi connectivity index (χ0v) is 14.7. The van der Waals surface area contributed by atoms with E-state index in [0.717, 1.165) is 24.5 Å². The van der Waals surface area contributed by atoms with Crippen molar-refractivity contribution in [3.8, 4) is 5.75 Å². The maximum Gasteiger partial charge on any atom is 0.119 e. The Kier molecular flexibility index (Phi) is 11.6. The molecule has 0 bridgehead atoms. The summed E-state index contributed by atoms with van der Waals surface area (Å²) in [5, 5.41) is 0. The second-order valence-corrected chi connectivity index (χ2v) is 5.82. The minimum Gasteiger partial charge on any atom is -0.491 e. The number of hydrogen-bond donors (Lipinski definition) is 1. The largest absolute Gasteiger partial charge is 0.491 e. The van der Waals surface area contributed by atoms with Crippen molar-refractivity contribution in [2.45, 2.75) is 25.7 Å². The third-order valence-electron chi connectivity index (χ3n) is 2.92. The maximum absolute atomic E-state index is 5.60. The van der Waals surface area contributed by atoms with Crippen molar-refractivity contribution in [2.75, 3.05) is 43.2 Å². The predicted octanol–water partition coefficient (Wildman–Crippen LogP) is 3.68. The Balaban J connectivity index is 1.81. The Bertz CT molecular complexity index is 346. The summed E-state index contributed by atoms with van der Waals surface area (Å²) < 4.78 is 17.7. The summed E-state index contributed by atoms with van der Waals surface area (Å²) in [6.07, 6.45) is 5.04. The summed E-state index contributed by atoms with van der Waals surface area (Å²) >= 11 is 2.42. The van der Waals surface area contributed by atoms with Gasteiger partial charge in [-0.2, -0.15) is 0 Å². The first-order valence-corrected chi connectivity index (χ1v) is 9.05. The molecule has 0 heterocycles. The molecule has 0 fully saturated rings. The van der Waals surface area contributed by atoms with E-state index in [1.165, 1.54) is 23.7 Å². The Morgan fingerprint density at radius 2 is 1.38 bits per heavy atom. The molecule has 0 amide bonds. The molecule has 0 radical (unpaired) electrons. The quantitative estimate of drug-likeness (QED) is 0.235. The molecule has 2 N–H and O–H groups in total. The molecule has 21 heavy (non-hydrogen) atoms. The second kappa shape index (κ2) is 13.2.